The summed E-state index contributed by atoms with van der Waals surface area (Å²) in [6, 6.07) is 5.34. The fourth-order valence-corrected chi connectivity index (χ4v) is 3.37. The highest BCUT2D eigenvalue weighted by atomic mass is 35.5. The lowest BCUT2D eigenvalue weighted by molar-refractivity contribution is -0.901. The number of benzene rings is 1. The van der Waals surface area contributed by atoms with Crippen LogP contribution in [-0.4, -0.2) is 26.2 Å². The summed E-state index contributed by atoms with van der Waals surface area (Å²) in [6.45, 7) is 7.59. The van der Waals surface area contributed by atoms with Crippen LogP contribution >= 0.6 is 11.6 Å². The van der Waals surface area contributed by atoms with E-state index in [1.54, 1.807) is 11.0 Å². The number of rotatable bonds is 5. The first-order valence-electron chi connectivity index (χ1n) is 8.01. The fraction of sp³-hybridized carbons (Fsp3) is 0.471. The Kier molecular flexibility index (Phi) is 4.81. The van der Waals surface area contributed by atoms with Gasteiger partial charge in [0.1, 0.15) is 25.2 Å². The Morgan fingerprint density at radius 3 is 2.82 bits per heavy atom. The molecule has 0 unspecified atom stereocenters. The number of quaternary nitrogens is 2. The molecule has 4 nitrogen and oxygen atoms in total. The Hall–Kier alpha value is -1.36. The number of hydrogen-bond acceptors (Lipinski definition) is 2. The van der Waals surface area contributed by atoms with Gasteiger partial charge in [-0.1, -0.05) is 11.6 Å². The molecule has 0 radical (unpaired) electrons. The second-order valence-corrected chi connectivity index (χ2v) is 6.58. The first-order chi connectivity index (χ1) is 10.6. The second-order valence-electron chi connectivity index (χ2n) is 6.18. The third kappa shape index (κ3) is 3.51. The number of halogens is 1. The summed E-state index contributed by atoms with van der Waals surface area (Å²) in [5, 5.41) is 3.93. The number of hydrogen-bond donors (Lipinski definition) is 2. The van der Waals surface area contributed by atoms with Crippen LogP contribution in [0.15, 0.2) is 27.4 Å². The van der Waals surface area contributed by atoms with Crippen LogP contribution in [-0.2, 0) is 6.54 Å². The summed E-state index contributed by atoms with van der Waals surface area (Å²) in [5.74, 6) is 0. The molecule has 0 bridgehead atoms. The first kappa shape index (κ1) is 15.5. The van der Waals surface area contributed by atoms with Crippen molar-refractivity contribution in [2.24, 2.45) is 0 Å². The smallest absolute Gasteiger partial charge is 0.336 e. The molecule has 3 N–H and O–H groups in total. The van der Waals surface area contributed by atoms with Gasteiger partial charge in [0.25, 0.3) is 0 Å². The minimum absolute atomic E-state index is 0.289. The molecule has 1 aliphatic heterocycles. The third-order valence-corrected chi connectivity index (χ3v) is 4.89. The average molecular weight is 323 g/mol. The molecular formula is C17H23ClN2O2+2. The van der Waals surface area contributed by atoms with Gasteiger partial charge in [0.05, 0.1) is 13.1 Å². The monoisotopic (exact) mass is 322 g/mol. The zero-order valence-corrected chi connectivity index (χ0v) is 13.7. The van der Waals surface area contributed by atoms with Crippen LogP contribution in [0, 0.1) is 6.92 Å². The summed E-state index contributed by atoms with van der Waals surface area (Å²) in [7, 11) is 0. The van der Waals surface area contributed by atoms with Crippen molar-refractivity contribution in [3.05, 3.63) is 44.8 Å². The van der Waals surface area contributed by atoms with Crippen molar-refractivity contribution in [3.8, 4) is 0 Å². The predicted octanol–water partition coefficient (Wildman–Crippen LogP) is 0.497. The largest absolute Gasteiger partial charge is 0.423 e. The van der Waals surface area contributed by atoms with E-state index in [1.807, 2.05) is 19.1 Å². The molecule has 0 aliphatic carbocycles. The van der Waals surface area contributed by atoms with Gasteiger partial charge in [-0.05, 0) is 24.6 Å². The van der Waals surface area contributed by atoms with Crippen LogP contribution in [0.2, 0.25) is 5.02 Å². The second kappa shape index (κ2) is 6.82. The zero-order chi connectivity index (χ0) is 15.5. The SMILES string of the molecule is Cc1cc2oc(=O)cc(C[NH2+]CC[NH+]3CCCC3)c2cc1Cl. The molecule has 2 heterocycles. The standard InChI is InChI=1S/C17H21ClN2O2/c1-12-8-16-14(10-15(12)18)13(9-17(21)22-16)11-19-4-7-20-5-2-3-6-20/h8-10,19H,2-7,11H2,1H3/p+2. The Labute approximate surface area is 135 Å². The van der Waals surface area contributed by atoms with Gasteiger partial charge < -0.3 is 14.6 Å². The maximum atomic E-state index is 11.7. The van der Waals surface area contributed by atoms with Crippen molar-refractivity contribution >= 4 is 22.6 Å². The van der Waals surface area contributed by atoms with Crippen molar-refractivity contribution in [2.75, 3.05) is 26.2 Å². The normalized spacial score (nSPS) is 15.7. The van der Waals surface area contributed by atoms with Crippen LogP contribution in [0.5, 0.6) is 0 Å². The molecule has 22 heavy (non-hydrogen) atoms. The minimum atomic E-state index is -0.289. The lowest BCUT2D eigenvalue weighted by Crippen LogP contribution is -3.12. The highest BCUT2D eigenvalue weighted by molar-refractivity contribution is 6.32. The lowest BCUT2D eigenvalue weighted by Gasteiger charge is -2.11. The van der Waals surface area contributed by atoms with Gasteiger partial charge in [-0.15, -0.1) is 0 Å². The average Bonchev–Trinajstić information content (AvgIpc) is 2.98. The number of fused-ring (bicyclic) bond motifs is 1. The van der Waals surface area contributed by atoms with Gasteiger partial charge in [0, 0.05) is 34.9 Å². The van der Waals surface area contributed by atoms with E-state index in [2.05, 4.69) is 5.32 Å². The molecule has 1 fully saturated rings. The molecule has 5 heteroatoms. The van der Waals surface area contributed by atoms with E-state index >= 15 is 0 Å². The van der Waals surface area contributed by atoms with Crippen molar-refractivity contribution in [1.82, 2.24) is 0 Å². The van der Waals surface area contributed by atoms with E-state index < -0.39 is 0 Å². The van der Waals surface area contributed by atoms with E-state index in [-0.39, 0.29) is 5.63 Å². The Balaban J connectivity index is 1.72. The van der Waals surface area contributed by atoms with Crippen LogP contribution < -0.4 is 15.8 Å². The van der Waals surface area contributed by atoms with Crippen LogP contribution in [0.25, 0.3) is 11.0 Å². The fourth-order valence-electron chi connectivity index (χ4n) is 3.21. The summed E-state index contributed by atoms with van der Waals surface area (Å²) < 4.78 is 5.29. The highest BCUT2D eigenvalue weighted by Gasteiger charge is 2.15. The van der Waals surface area contributed by atoms with Gasteiger partial charge in [-0.3, -0.25) is 0 Å². The Morgan fingerprint density at radius 1 is 1.27 bits per heavy atom. The third-order valence-electron chi connectivity index (χ3n) is 4.49. The maximum absolute atomic E-state index is 11.7. The van der Waals surface area contributed by atoms with Gasteiger partial charge >= 0.3 is 5.63 Å². The van der Waals surface area contributed by atoms with Crippen molar-refractivity contribution in [2.45, 2.75) is 26.3 Å². The number of nitrogens with one attached hydrogen (secondary N) is 1. The Bertz CT molecular complexity index is 720. The van der Waals surface area contributed by atoms with E-state index in [4.69, 9.17) is 16.0 Å². The predicted molar refractivity (Wildman–Crippen MR) is 87.5 cm³/mol. The zero-order valence-electron chi connectivity index (χ0n) is 13.0. The van der Waals surface area contributed by atoms with Crippen LogP contribution in [0.1, 0.15) is 24.0 Å². The molecule has 2 aromatic rings. The summed E-state index contributed by atoms with van der Waals surface area (Å²) in [6.07, 6.45) is 2.72. The van der Waals surface area contributed by atoms with Crippen molar-refractivity contribution in [3.63, 3.8) is 0 Å². The lowest BCUT2D eigenvalue weighted by atomic mass is 10.1. The van der Waals surface area contributed by atoms with Crippen LogP contribution in [0.4, 0.5) is 0 Å². The first-order valence-corrected chi connectivity index (χ1v) is 8.39. The van der Waals surface area contributed by atoms with E-state index in [9.17, 15) is 4.79 Å². The Morgan fingerprint density at radius 2 is 2.05 bits per heavy atom. The molecule has 0 spiro atoms. The minimum Gasteiger partial charge on any atom is -0.423 e. The summed E-state index contributed by atoms with van der Waals surface area (Å²) in [4.78, 5) is 13.4. The molecule has 1 aromatic heterocycles. The van der Waals surface area contributed by atoms with E-state index in [0.717, 1.165) is 29.6 Å². The maximum Gasteiger partial charge on any atom is 0.336 e. The molecule has 1 aliphatic rings. The van der Waals surface area contributed by atoms with E-state index in [1.165, 1.54) is 32.5 Å². The highest BCUT2D eigenvalue weighted by Crippen LogP contribution is 2.24. The molecule has 0 amide bonds. The summed E-state index contributed by atoms with van der Waals surface area (Å²) in [5.41, 5.74) is 2.27. The van der Waals surface area contributed by atoms with Crippen LogP contribution in [0.3, 0.4) is 0 Å². The molecule has 0 saturated carbocycles. The number of aryl methyl sites for hydroxylation is 1. The molecule has 3 rings (SSSR count). The quantitative estimate of drug-likeness (QED) is 0.622. The molecular weight excluding hydrogens is 300 g/mol. The van der Waals surface area contributed by atoms with Crippen molar-refractivity contribution < 1.29 is 14.6 Å². The molecule has 118 valence electrons. The molecule has 1 saturated heterocycles. The topological polar surface area (TPSA) is 51.3 Å². The summed E-state index contributed by atoms with van der Waals surface area (Å²) >= 11 is 6.21. The van der Waals surface area contributed by atoms with Gasteiger partial charge in [-0.25, -0.2) is 4.79 Å². The number of likely N-dealkylation sites (tertiary alicyclic amines) is 1. The number of nitrogens with two attached hydrogens (primary N) is 1. The molecule has 0 atom stereocenters. The van der Waals surface area contributed by atoms with Gasteiger partial charge in [-0.2, -0.15) is 0 Å². The van der Waals surface area contributed by atoms with Gasteiger partial charge in [0.15, 0.2) is 0 Å². The van der Waals surface area contributed by atoms with Crippen molar-refractivity contribution in [1.29, 1.82) is 0 Å². The van der Waals surface area contributed by atoms with Gasteiger partial charge in [0.2, 0.25) is 0 Å². The molecule has 1 aromatic carbocycles. The van der Waals surface area contributed by atoms with E-state index in [0.29, 0.717) is 10.6 Å².